The molecule has 21 heavy (non-hydrogen) atoms. The van der Waals surface area contributed by atoms with E-state index in [9.17, 15) is 8.42 Å². The molecule has 0 fully saturated rings. The van der Waals surface area contributed by atoms with E-state index in [1.54, 1.807) is 24.3 Å². The van der Waals surface area contributed by atoms with E-state index in [4.69, 9.17) is 10.5 Å². The second-order valence-corrected chi connectivity index (χ2v) is 6.49. The first-order valence-corrected chi connectivity index (χ1v) is 7.85. The fourth-order valence-corrected chi connectivity index (χ4v) is 2.96. The van der Waals surface area contributed by atoms with Crippen LogP contribution in [0, 0.1) is 13.8 Å². The lowest BCUT2D eigenvalue weighted by molar-refractivity contribution is 0.414. The van der Waals surface area contributed by atoms with Gasteiger partial charge in [-0.15, -0.1) is 0 Å². The van der Waals surface area contributed by atoms with Gasteiger partial charge >= 0.3 is 0 Å². The number of rotatable bonds is 4. The van der Waals surface area contributed by atoms with Gasteiger partial charge in [0, 0.05) is 0 Å². The standard InChI is InChI=1S/C15H18N2O3S/c1-10-8-14(16)15(9-11(10)2)17-21(18,19)13-6-4-12(20-3)5-7-13/h4-9,17H,16H2,1-3H3. The van der Waals surface area contributed by atoms with Crippen molar-refractivity contribution in [2.45, 2.75) is 18.7 Å². The first-order chi connectivity index (χ1) is 9.83. The van der Waals surface area contributed by atoms with Crippen molar-refractivity contribution in [2.24, 2.45) is 0 Å². The molecule has 2 aromatic carbocycles. The molecule has 0 saturated carbocycles. The van der Waals surface area contributed by atoms with Crippen molar-refractivity contribution in [3.05, 3.63) is 47.5 Å². The number of sulfonamides is 1. The van der Waals surface area contributed by atoms with Crippen LogP contribution < -0.4 is 15.2 Å². The minimum Gasteiger partial charge on any atom is -0.497 e. The van der Waals surface area contributed by atoms with Crippen LogP contribution in [-0.2, 0) is 10.0 Å². The highest BCUT2D eigenvalue weighted by Gasteiger charge is 2.16. The maximum Gasteiger partial charge on any atom is 0.261 e. The molecule has 0 aliphatic heterocycles. The van der Waals surface area contributed by atoms with E-state index in [-0.39, 0.29) is 4.90 Å². The quantitative estimate of drug-likeness (QED) is 0.851. The van der Waals surface area contributed by atoms with E-state index >= 15 is 0 Å². The molecular weight excluding hydrogens is 288 g/mol. The second-order valence-electron chi connectivity index (χ2n) is 4.80. The number of nitrogen functional groups attached to an aromatic ring is 1. The van der Waals surface area contributed by atoms with Gasteiger partial charge < -0.3 is 10.5 Å². The van der Waals surface area contributed by atoms with Crippen LogP contribution in [0.3, 0.4) is 0 Å². The van der Waals surface area contributed by atoms with E-state index in [2.05, 4.69) is 4.72 Å². The molecule has 0 saturated heterocycles. The SMILES string of the molecule is COc1ccc(S(=O)(=O)Nc2cc(C)c(C)cc2N)cc1. The van der Waals surface area contributed by atoms with Gasteiger partial charge in [-0.25, -0.2) is 8.42 Å². The van der Waals surface area contributed by atoms with Crippen LogP contribution in [0.1, 0.15) is 11.1 Å². The Bertz CT molecular complexity index is 753. The van der Waals surface area contributed by atoms with Crippen LogP contribution >= 0.6 is 0 Å². The molecule has 0 unspecified atom stereocenters. The lowest BCUT2D eigenvalue weighted by Gasteiger charge is -2.13. The van der Waals surface area contributed by atoms with E-state index in [0.717, 1.165) is 11.1 Å². The van der Waals surface area contributed by atoms with Crippen LogP contribution in [0.2, 0.25) is 0 Å². The molecule has 0 bridgehead atoms. The molecule has 0 spiro atoms. The highest BCUT2D eigenvalue weighted by atomic mass is 32.2. The molecule has 0 atom stereocenters. The van der Waals surface area contributed by atoms with Gasteiger partial charge in [0.25, 0.3) is 10.0 Å². The van der Waals surface area contributed by atoms with Gasteiger partial charge in [0.2, 0.25) is 0 Å². The van der Waals surface area contributed by atoms with Crippen LogP contribution in [0.15, 0.2) is 41.3 Å². The summed E-state index contributed by atoms with van der Waals surface area (Å²) in [6, 6.07) is 9.64. The highest BCUT2D eigenvalue weighted by molar-refractivity contribution is 7.92. The molecule has 6 heteroatoms. The van der Waals surface area contributed by atoms with Gasteiger partial charge in [-0.2, -0.15) is 0 Å². The predicted octanol–water partition coefficient (Wildman–Crippen LogP) is 2.70. The molecule has 0 aliphatic carbocycles. The average molecular weight is 306 g/mol. The molecular formula is C15H18N2O3S. The number of hydrogen-bond donors (Lipinski definition) is 2. The van der Waals surface area contributed by atoms with Crippen molar-refractivity contribution in [2.75, 3.05) is 17.6 Å². The topological polar surface area (TPSA) is 81.4 Å². The Kier molecular flexibility index (Phi) is 4.09. The monoisotopic (exact) mass is 306 g/mol. The minimum atomic E-state index is -3.68. The lowest BCUT2D eigenvalue weighted by atomic mass is 10.1. The summed E-state index contributed by atoms with van der Waals surface area (Å²) in [5, 5.41) is 0. The number of methoxy groups -OCH3 is 1. The number of anilines is 2. The number of nitrogens with two attached hydrogens (primary N) is 1. The summed E-state index contributed by atoms with van der Waals surface area (Å²) in [6.45, 7) is 3.83. The van der Waals surface area contributed by atoms with E-state index < -0.39 is 10.0 Å². The van der Waals surface area contributed by atoms with E-state index in [0.29, 0.717) is 17.1 Å². The number of nitrogens with one attached hydrogen (secondary N) is 1. The Hall–Kier alpha value is -2.21. The van der Waals surface area contributed by atoms with E-state index in [1.165, 1.54) is 19.2 Å². The van der Waals surface area contributed by atoms with Crippen molar-refractivity contribution in [1.82, 2.24) is 0 Å². The number of aryl methyl sites for hydroxylation is 2. The third-order valence-corrected chi connectivity index (χ3v) is 4.66. The molecule has 3 N–H and O–H groups in total. The van der Waals surface area contributed by atoms with Gasteiger partial charge in [0.05, 0.1) is 23.4 Å². The van der Waals surface area contributed by atoms with Crippen molar-refractivity contribution in [3.63, 3.8) is 0 Å². The molecule has 5 nitrogen and oxygen atoms in total. The predicted molar refractivity (Wildman–Crippen MR) is 84.1 cm³/mol. The first-order valence-electron chi connectivity index (χ1n) is 6.37. The fourth-order valence-electron chi connectivity index (χ4n) is 1.89. The van der Waals surface area contributed by atoms with Crippen LogP contribution in [0.25, 0.3) is 0 Å². The molecule has 0 radical (unpaired) electrons. The summed E-state index contributed by atoms with van der Waals surface area (Å²) < 4.78 is 32.2. The van der Waals surface area contributed by atoms with Crippen LogP contribution in [0.5, 0.6) is 5.75 Å². The van der Waals surface area contributed by atoms with Crippen molar-refractivity contribution in [1.29, 1.82) is 0 Å². The number of hydrogen-bond acceptors (Lipinski definition) is 4. The molecule has 0 amide bonds. The van der Waals surface area contributed by atoms with Gasteiger partial charge in [-0.1, -0.05) is 0 Å². The minimum absolute atomic E-state index is 0.154. The molecule has 0 heterocycles. The van der Waals surface area contributed by atoms with Crippen molar-refractivity contribution in [3.8, 4) is 5.75 Å². The van der Waals surface area contributed by atoms with Gasteiger partial charge in [0.1, 0.15) is 5.75 Å². The third-order valence-electron chi connectivity index (χ3n) is 3.28. The first kappa shape index (κ1) is 15.2. The normalized spacial score (nSPS) is 11.2. The maximum absolute atomic E-state index is 12.3. The third kappa shape index (κ3) is 3.28. The smallest absolute Gasteiger partial charge is 0.261 e. The second kappa shape index (κ2) is 5.65. The Balaban J connectivity index is 2.34. The molecule has 0 aromatic heterocycles. The molecule has 2 rings (SSSR count). The van der Waals surface area contributed by atoms with Crippen LogP contribution in [0.4, 0.5) is 11.4 Å². The zero-order valence-electron chi connectivity index (χ0n) is 12.2. The van der Waals surface area contributed by atoms with Crippen molar-refractivity contribution >= 4 is 21.4 Å². The Morgan fingerprint density at radius 2 is 1.62 bits per heavy atom. The molecule has 0 aliphatic rings. The Morgan fingerprint density at radius 1 is 1.05 bits per heavy atom. The van der Waals surface area contributed by atoms with Gasteiger partial charge in [0.15, 0.2) is 0 Å². The number of benzene rings is 2. The summed E-state index contributed by atoms with van der Waals surface area (Å²) in [5.41, 5.74) is 8.64. The lowest BCUT2D eigenvalue weighted by Crippen LogP contribution is -2.14. The maximum atomic E-state index is 12.3. The summed E-state index contributed by atoms with van der Waals surface area (Å²) >= 11 is 0. The fraction of sp³-hybridized carbons (Fsp3) is 0.200. The zero-order valence-corrected chi connectivity index (χ0v) is 13.0. The molecule has 2 aromatic rings. The largest absolute Gasteiger partial charge is 0.497 e. The van der Waals surface area contributed by atoms with Gasteiger partial charge in [-0.05, 0) is 61.4 Å². The van der Waals surface area contributed by atoms with Crippen LogP contribution in [-0.4, -0.2) is 15.5 Å². The molecule has 112 valence electrons. The summed E-state index contributed by atoms with van der Waals surface area (Å²) in [6.07, 6.45) is 0. The highest BCUT2D eigenvalue weighted by Crippen LogP contribution is 2.26. The summed E-state index contributed by atoms with van der Waals surface area (Å²) in [5.74, 6) is 0.597. The summed E-state index contributed by atoms with van der Waals surface area (Å²) in [7, 11) is -2.15. The van der Waals surface area contributed by atoms with Crippen molar-refractivity contribution < 1.29 is 13.2 Å². The zero-order chi connectivity index (χ0) is 15.6. The van der Waals surface area contributed by atoms with Gasteiger partial charge in [-0.3, -0.25) is 4.72 Å². The number of ether oxygens (including phenoxy) is 1. The Labute approximate surface area is 124 Å². The Morgan fingerprint density at radius 3 is 2.19 bits per heavy atom. The van der Waals surface area contributed by atoms with E-state index in [1.807, 2.05) is 13.8 Å². The average Bonchev–Trinajstić information content (AvgIpc) is 2.44. The summed E-state index contributed by atoms with van der Waals surface area (Å²) in [4.78, 5) is 0.154.